The van der Waals surface area contributed by atoms with E-state index in [1.807, 2.05) is 6.20 Å². The van der Waals surface area contributed by atoms with E-state index in [4.69, 9.17) is 0 Å². The van der Waals surface area contributed by atoms with E-state index in [2.05, 4.69) is 113 Å². The number of pyridine rings is 1. The largest absolute Gasteiger partial charge is 0.361 e. The van der Waals surface area contributed by atoms with Crippen molar-refractivity contribution in [1.82, 2.24) is 0 Å². The smallest absolute Gasteiger partial charge is 0.213 e. The van der Waals surface area contributed by atoms with Crippen LogP contribution in [0.5, 0.6) is 0 Å². The van der Waals surface area contributed by atoms with Gasteiger partial charge in [-0.15, -0.1) is 0 Å². The number of aromatic nitrogens is 1. The number of hydrogen-bond donors (Lipinski definition) is 1. The number of para-hydroxylation sites is 2. The summed E-state index contributed by atoms with van der Waals surface area (Å²) in [6.07, 6.45) is 8.63. The van der Waals surface area contributed by atoms with Gasteiger partial charge < -0.3 is 5.32 Å². The highest BCUT2D eigenvalue weighted by Gasteiger charge is 2.14. The highest BCUT2D eigenvalue weighted by molar-refractivity contribution is 5.98. The van der Waals surface area contributed by atoms with Crippen molar-refractivity contribution in [3.8, 4) is 0 Å². The SMILES string of the molecule is C1=CC(=Cc2cc[n+](Cc3ccccc3)c3ccccc23)c2ccccc2N1. The van der Waals surface area contributed by atoms with E-state index in [-0.39, 0.29) is 0 Å². The first-order valence-electron chi connectivity index (χ1n) is 9.58. The summed E-state index contributed by atoms with van der Waals surface area (Å²) in [5, 5.41) is 4.59. The van der Waals surface area contributed by atoms with Gasteiger partial charge in [0.2, 0.25) is 5.52 Å². The lowest BCUT2D eigenvalue weighted by molar-refractivity contribution is -0.662. The average molecular weight is 361 g/mol. The molecule has 5 rings (SSSR count). The van der Waals surface area contributed by atoms with Crippen LogP contribution < -0.4 is 9.88 Å². The Kier molecular flexibility index (Phi) is 4.23. The van der Waals surface area contributed by atoms with Gasteiger partial charge in [0.05, 0.1) is 5.39 Å². The van der Waals surface area contributed by atoms with Crippen LogP contribution >= 0.6 is 0 Å². The van der Waals surface area contributed by atoms with E-state index in [1.165, 1.54) is 33.2 Å². The molecule has 134 valence electrons. The van der Waals surface area contributed by atoms with Gasteiger partial charge >= 0.3 is 0 Å². The minimum Gasteiger partial charge on any atom is -0.361 e. The molecule has 0 saturated heterocycles. The molecule has 0 atom stereocenters. The molecular formula is C26H21N2+. The molecule has 0 fully saturated rings. The lowest BCUT2D eigenvalue weighted by atomic mass is 9.97. The van der Waals surface area contributed by atoms with E-state index in [1.54, 1.807) is 0 Å². The summed E-state index contributed by atoms with van der Waals surface area (Å²) < 4.78 is 2.32. The summed E-state index contributed by atoms with van der Waals surface area (Å²) in [5.41, 5.74) is 7.38. The molecule has 1 aliphatic heterocycles. The Morgan fingerprint density at radius 3 is 2.50 bits per heavy atom. The third-order valence-electron chi connectivity index (χ3n) is 5.21. The van der Waals surface area contributed by atoms with Crippen LogP contribution in [0.3, 0.4) is 0 Å². The van der Waals surface area contributed by atoms with Gasteiger partial charge in [-0.3, -0.25) is 0 Å². The van der Waals surface area contributed by atoms with Crippen LogP contribution in [0.1, 0.15) is 16.7 Å². The molecule has 0 bridgehead atoms. The topological polar surface area (TPSA) is 15.9 Å². The quantitative estimate of drug-likeness (QED) is 0.466. The number of hydrogen-bond acceptors (Lipinski definition) is 1. The fourth-order valence-electron chi connectivity index (χ4n) is 3.82. The van der Waals surface area contributed by atoms with Crippen molar-refractivity contribution in [2.24, 2.45) is 0 Å². The van der Waals surface area contributed by atoms with Gasteiger partial charge in [-0.25, -0.2) is 0 Å². The first kappa shape index (κ1) is 16.5. The normalized spacial score (nSPS) is 14.1. The van der Waals surface area contributed by atoms with Crippen molar-refractivity contribution in [2.75, 3.05) is 5.32 Å². The van der Waals surface area contributed by atoms with Crippen LogP contribution in [-0.2, 0) is 6.54 Å². The number of anilines is 1. The van der Waals surface area contributed by atoms with E-state index < -0.39 is 0 Å². The van der Waals surface area contributed by atoms with Crippen LogP contribution in [0.4, 0.5) is 5.69 Å². The molecule has 3 aromatic carbocycles. The third kappa shape index (κ3) is 3.10. The minimum absolute atomic E-state index is 0.866. The van der Waals surface area contributed by atoms with E-state index in [0.717, 1.165) is 12.2 Å². The lowest BCUT2D eigenvalue weighted by Gasteiger charge is -2.15. The molecule has 1 aromatic heterocycles. The second-order valence-electron chi connectivity index (χ2n) is 7.02. The van der Waals surface area contributed by atoms with Gasteiger partial charge in [0.25, 0.3) is 0 Å². The fraction of sp³-hybridized carbons (Fsp3) is 0.0385. The number of fused-ring (bicyclic) bond motifs is 2. The zero-order chi connectivity index (χ0) is 18.8. The van der Waals surface area contributed by atoms with E-state index >= 15 is 0 Å². The standard InChI is InChI=1S/C26H20N2/c1-2-8-20(9-3-1)19-28-17-15-22(24-11-5-7-13-26(24)28)18-21-14-16-27-25-12-6-4-10-23(21)25/h1-18H,19H2/p+1. The van der Waals surface area contributed by atoms with E-state index in [0.29, 0.717) is 0 Å². The molecule has 28 heavy (non-hydrogen) atoms. The van der Waals surface area contributed by atoms with Crippen molar-refractivity contribution in [1.29, 1.82) is 0 Å². The predicted octanol–water partition coefficient (Wildman–Crippen LogP) is 5.66. The molecule has 0 amide bonds. The van der Waals surface area contributed by atoms with Crippen molar-refractivity contribution < 1.29 is 4.57 Å². The Labute approximate surface area is 165 Å². The van der Waals surface area contributed by atoms with Gasteiger partial charge in [-0.1, -0.05) is 60.7 Å². The summed E-state index contributed by atoms with van der Waals surface area (Å²) in [5.74, 6) is 0. The highest BCUT2D eigenvalue weighted by Crippen LogP contribution is 2.31. The predicted molar refractivity (Wildman–Crippen MR) is 117 cm³/mol. The number of allylic oxidation sites excluding steroid dienone is 2. The number of rotatable bonds is 3. The van der Waals surface area contributed by atoms with Crippen LogP contribution in [0.15, 0.2) is 103 Å². The van der Waals surface area contributed by atoms with Crippen molar-refractivity contribution in [3.05, 3.63) is 120 Å². The van der Waals surface area contributed by atoms with Gasteiger partial charge in [0, 0.05) is 35.1 Å². The maximum absolute atomic E-state index is 3.33. The molecule has 2 heteroatoms. The molecule has 0 aliphatic carbocycles. The van der Waals surface area contributed by atoms with Crippen molar-refractivity contribution in [3.63, 3.8) is 0 Å². The van der Waals surface area contributed by atoms with Gasteiger partial charge in [0.15, 0.2) is 12.7 Å². The summed E-state index contributed by atoms with van der Waals surface area (Å²) in [7, 11) is 0. The monoisotopic (exact) mass is 361 g/mol. The Bertz CT molecular complexity index is 1200. The summed E-state index contributed by atoms with van der Waals surface area (Å²) in [4.78, 5) is 0. The third-order valence-corrected chi connectivity index (χ3v) is 5.21. The molecular weight excluding hydrogens is 340 g/mol. The van der Waals surface area contributed by atoms with Crippen LogP contribution in [0.25, 0.3) is 22.6 Å². The van der Waals surface area contributed by atoms with Crippen LogP contribution in [0.2, 0.25) is 0 Å². The molecule has 4 aromatic rings. The number of nitrogens with zero attached hydrogens (tertiary/aromatic N) is 1. The summed E-state index contributed by atoms with van der Waals surface area (Å²) in [6.45, 7) is 0.866. The first-order valence-corrected chi connectivity index (χ1v) is 9.58. The second-order valence-corrected chi connectivity index (χ2v) is 7.02. The van der Waals surface area contributed by atoms with Crippen LogP contribution in [-0.4, -0.2) is 0 Å². The zero-order valence-electron chi connectivity index (χ0n) is 15.5. The van der Waals surface area contributed by atoms with Gasteiger partial charge in [0.1, 0.15) is 0 Å². The van der Waals surface area contributed by atoms with Crippen LogP contribution in [0, 0.1) is 0 Å². The first-order chi connectivity index (χ1) is 13.9. The molecule has 2 heterocycles. The second kappa shape index (κ2) is 7.16. The van der Waals surface area contributed by atoms with Crippen molar-refractivity contribution in [2.45, 2.75) is 6.54 Å². The van der Waals surface area contributed by atoms with Gasteiger partial charge in [-0.2, -0.15) is 4.57 Å². The molecule has 1 N–H and O–H groups in total. The van der Waals surface area contributed by atoms with E-state index in [9.17, 15) is 0 Å². The Morgan fingerprint density at radius 1 is 0.786 bits per heavy atom. The molecule has 0 saturated carbocycles. The number of nitrogens with one attached hydrogen (secondary N) is 1. The maximum Gasteiger partial charge on any atom is 0.213 e. The molecule has 2 nitrogen and oxygen atoms in total. The fourth-order valence-corrected chi connectivity index (χ4v) is 3.82. The Balaban J connectivity index is 1.61. The lowest BCUT2D eigenvalue weighted by Crippen LogP contribution is -2.34. The summed E-state index contributed by atoms with van der Waals surface area (Å²) in [6, 6.07) is 29.9. The maximum atomic E-state index is 3.33. The average Bonchev–Trinajstić information content (AvgIpc) is 2.76. The Morgan fingerprint density at radius 2 is 1.57 bits per heavy atom. The van der Waals surface area contributed by atoms with Crippen molar-refractivity contribution >= 4 is 28.2 Å². The summed E-state index contributed by atoms with van der Waals surface area (Å²) >= 11 is 0. The Hall–Kier alpha value is -3.65. The highest BCUT2D eigenvalue weighted by atomic mass is 14.9. The number of benzene rings is 3. The molecule has 0 unspecified atom stereocenters. The molecule has 1 aliphatic rings. The zero-order valence-corrected chi connectivity index (χ0v) is 15.5. The minimum atomic E-state index is 0.866. The molecule has 0 radical (unpaired) electrons. The van der Waals surface area contributed by atoms with Gasteiger partial charge in [-0.05, 0) is 35.4 Å². The molecule has 0 spiro atoms.